The molecule has 5 atom stereocenters. The smallest absolute Gasteiger partial charge is 0.354 e. The highest BCUT2D eigenvalue weighted by Gasteiger charge is 2.43. The molecule has 1 aromatic heterocycles. The minimum absolute atomic E-state index is 0.00208. The Hall–Kier alpha value is -3.18. The molecule has 3 aromatic rings. The van der Waals surface area contributed by atoms with Crippen LogP contribution in [0.4, 0.5) is 32.0 Å². The minimum atomic E-state index is -4.96. The van der Waals surface area contributed by atoms with Crippen LogP contribution in [0.3, 0.4) is 0 Å². The third-order valence-electron chi connectivity index (χ3n) is 7.69. The molecule has 3 saturated heterocycles. The minimum Gasteiger partial charge on any atom is -0.354 e. The van der Waals surface area contributed by atoms with Gasteiger partial charge < -0.3 is 10.6 Å². The highest BCUT2D eigenvalue weighted by molar-refractivity contribution is 7.80. The first-order chi connectivity index (χ1) is 18.4. The average molecular weight is 565 g/mol. The molecular formula is C28H26F6N4S. The van der Waals surface area contributed by atoms with Crippen molar-refractivity contribution < 1.29 is 26.3 Å². The topological polar surface area (TPSA) is 40.2 Å². The highest BCUT2D eigenvalue weighted by atomic mass is 32.1. The second-order valence-corrected chi connectivity index (χ2v) is 10.4. The molecule has 1 unspecified atom stereocenters. The first-order valence-corrected chi connectivity index (χ1v) is 12.9. The van der Waals surface area contributed by atoms with Crippen LogP contribution in [0.2, 0.25) is 0 Å². The van der Waals surface area contributed by atoms with Gasteiger partial charge >= 0.3 is 12.4 Å². The van der Waals surface area contributed by atoms with E-state index in [9.17, 15) is 26.3 Å². The van der Waals surface area contributed by atoms with Crippen LogP contribution in [0.5, 0.6) is 0 Å². The van der Waals surface area contributed by atoms with E-state index >= 15 is 0 Å². The number of piperidine rings is 3. The molecule has 206 valence electrons. The van der Waals surface area contributed by atoms with E-state index in [1.807, 2.05) is 36.4 Å². The molecule has 11 heteroatoms. The maximum atomic E-state index is 13.4. The number of hydrogen-bond donors (Lipinski definition) is 2. The van der Waals surface area contributed by atoms with Crippen LogP contribution in [0.15, 0.2) is 67.4 Å². The van der Waals surface area contributed by atoms with Crippen LogP contribution >= 0.6 is 12.2 Å². The van der Waals surface area contributed by atoms with E-state index in [0.29, 0.717) is 24.0 Å². The largest absolute Gasteiger partial charge is 0.416 e. The Labute approximate surface area is 227 Å². The number of alkyl halides is 6. The average Bonchev–Trinajstić information content (AvgIpc) is 2.90. The first-order valence-electron chi connectivity index (χ1n) is 12.5. The number of nitrogens with one attached hydrogen (secondary N) is 2. The molecule has 3 aliphatic heterocycles. The number of anilines is 1. The fraction of sp³-hybridized carbons (Fsp3) is 0.357. The quantitative estimate of drug-likeness (QED) is 0.195. The van der Waals surface area contributed by atoms with Crippen LogP contribution in [-0.2, 0) is 12.4 Å². The van der Waals surface area contributed by atoms with Gasteiger partial charge in [-0.2, -0.15) is 26.3 Å². The van der Waals surface area contributed by atoms with E-state index in [0.717, 1.165) is 42.4 Å². The van der Waals surface area contributed by atoms with Gasteiger partial charge in [-0.3, -0.25) is 9.88 Å². The summed E-state index contributed by atoms with van der Waals surface area (Å²) in [6.07, 6.45) is -4.37. The van der Waals surface area contributed by atoms with Crippen molar-refractivity contribution in [2.45, 2.75) is 37.3 Å². The Morgan fingerprint density at radius 2 is 1.74 bits per heavy atom. The highest BCUT2D eigenvalue weighted by Crippen LogP contribution is 2.42. The number of halogens is 6. The van der Waals surface area contributed by atoms with Crippen molar-refractivity contribution in [2.24, 2.45) is 11.8 Å². The zero-order valence-electron chi connectivity index (χ0n) is 20.7. The van der Waals surface area contributed by atoms with Crippen molar-refractivity contribution in [3.8, 4) is 0 Å². The number of hydrogen-bond acceptors (Lipinski definition) is 3. The molecule has 0 radical (unpaired) electrons. The fourth-order valence-corrected chi connectivity index (χ4v) is 6.07. The number of aromatic nitrogens is 1. The van der Waals surface area contributed by atoms with Gasteiger partial charge in [0, 0.05) is 29.9 Å². The van der Waals surface area contributed by atoms with Crippen LogP contribution in [-0.4, -0.2) is 34.1 Å². The fourth-order valence-electron chi connectivity index (χ4n) is 5.83. The van der Waals surface area contributed by atoms with Crippen molar-refractivity contribution in [1.29, 1.82) is 0 Å². The normalized spacial score (nSPS) is 23.8. The lowest BCUT2D eigenvalue weighted by molar-refractivity contribution is -0.143. The first kappa shape index (κ1) is 27.4. The van der Waals surface area contributed by atoms with E-state index in [1.54, 1.807) is 6.20 Å². The number of para-hydroxylation sites is 1. The van der Waals surface area contributed by atoms with E-state index in [1.165, 1.54) is 0 Å². The molecule has 4 nitrogen and oxygen atoms in total. The second kappa shape index (κ2) is 10.4. The zero-order chi connectivity index (χ0) is 27.9. The molecule has 2 aromatic carbocycles. The van der Waals surface area contributed by atoms with Gasteiger partial charge in [-0.05, 0) is 79.3 Å². The Balaban J connectivity index is 1.48. The molecule has 0 aliphatic carbocycles. The summed E-state index contributed by atoms with van der Waals surface area (Å²) in [5.74, 6) is 0.787. The maximum absolute atomic E-state index is 13.4. The summed E-state index contributed by atoms with van der Waals surface area (Å²) >= 11 is 5.47. The van der Waals surface area contributed by atoms with E-state index in [2.05, 4.69) is 27.1 Å². The van der Waals surface area contributed by atoms with E-state index in [-0.39, 0.29) is 23.3 Å². The van der Waals surface area contributed by atoms with Gasteiger partial charge in [0.05, 0.1) is 22.7 Å². The van der Waals surface area contributed by atoms with Gasteiger partial charge in [0.25, 0.3) is 0 Å². The zero-order valence-corrected chi connectivity index (χ0v) is 21.5. The van der Waals surface area contributed by atoms with Crippen LogP contribution in [0, 0.1) is 11.8 Å². The van der Waals surface area contributed by atoms with Gasteiger partial charge in [0.15, 0.2) is 5.11 Å². The number of pyridine rings is 1. The molecule has 3 aliphatic rings. The third kappa shape index (κ3) is 5.74. The Morgan fingerprint density at radius 1 is 1.05 bits per heavy atom. The van der Waals surface area contributed by atoms with Crippen LogP contribution < -0.4 is 10.6 Å². The lowest BCUT2D eigenvalue weighted by Gasteiger charge is -2.52. The molecule has 2 N–H and O–H groups in total. The Morgan fingerprint density at radius 3 is 2.36 bits per heavy atom. The lowest BCUT2D eigenvalue weighted by atomic mass is 9.73. The van der Waals surface area contributed by atoms with E-state index in [4.69, 9.17) is 12.2 Å². The maximum Gasteiger partial charge on any atom is 0.416 e. The number of nitrogens with zero attached hydrogens (tertiary/aromatic N) is 2. The van der Waals surface area contributed by atoms with Crippen molar-refractivity contribution in [3.05, 3.63) is 84.1 Å². The molecule has 0 spiro atoms. The summed E-state index contributed by atoms with van der Waals surface area (Å²) in [5, 5.41) is 6.65. The van der Waals surface area contributed by atoms with Gasteiger partial charge in [-0.1, -0.05) is 24.3 Å². The molecule has 6 rings (SSSR count). The van der Waals surface area contributed by atoms with Gasteiger partial charge in [0.1, 0.15) is 0 Å². The molecule has 3 fully saturated rings. The van der Waals surface area contributed by atoms with Crippen LogP contribution in [0.1, 0.15) is 35.6 Å². The molecule has 0 saturated carbocycles. The second-order valence-electron chi connectivity index (χ2n) is 10.0. The molecule has 39 heavy (non-hydrogen) atoms. The summed E-state index contributed by atoms with van der Waals surface area (Å²) in [4.78, 5) is 6.79. The predicted molar refractivity (Wildman–Crippen MR) is 142 cm³/mol. The van der Waals surface area contributed by atoms with Crippen molar-refractivity contribution in [2.75, 3.05) is 18.4 Å². The molecule has 2 bridgehead atoms. The van der Waals surface area contributed by atoms with E-state index < -0.39 is 29.2 Å². The monoisotopic (exact) mass is 564 g/mol. The summed E-state index contributed by atoms with van der Waals surface area (Å²) in [5.41, 5.74) is -1.55. The number of thiocarbonyl (C=S) groups is 1. The Kier molecular flexibility index (Phi) is 7.32. The molecular weight excluding hydrogens is 538 g/mol. The standard InChI is InChI=1S/C28H26F6N4S/c1-2-16-15-38-10-8-17(16)11-24(38)25(22-7-9-35-23-6-4-3-5-21(22)23)37-26(39)36-20-13-18(27(29,30)31)12-19(14-20)28(32,33)34/h2-7,9,12-14,16-17,24-25H,1,8,10-11,15H2,(H2,36,37,39)/t16-,17-,24+,25+/m0/s1. The summed E-state index contributed by atoms with van der Waals surface area (Å²) in [6, 6.07) is 10.4. The van der Waals surface area contributed by atoms with Crippen molar-refractivity contribution >= 4 is 33.9 Å². The molecule has 4 heterocycles. The van der Waals surface area contributed by atoms with Gasteiger partial charge in [-0.15, -0.1) is 6.58 Å². The number of benzene rings is 2. The lowest BCUT2D eigenvalue weighted by Crippen LogP contribution is -2.57. The van der Waals surface area contributed by atoms with Gasteiger partial charge in [-0.25, -0.2) is 0 Å². The SMILES string of the molecule is C=C[C@H]1CN2CC[C@H]1C[C@@H]2[C@H](NC(=S)Nc1cc(C(F)(F)F)cc(C(F)(F)F)c1)c1ccnc2ccccc12. The summed E-state index contributed by atoms with van der Waals surface area (Å²) in [7, 11) is 0. The van der Waals surface area contributed by atoms with Gasteiger partial charge in [0.2, 0.25) is 0 Å². The summed E-state index contributed by atoms with van der Waals surface area (Å²) in [6.45, 7) is 5.68. The van der Waals surface area contributed by atoms with Crippen LogP contribution in [0.25, 0.3) is 10.9 Å². The van der Waals surface area contributed by atoms with Crippen molar-refractivity contribution in [3.63, 3.8) is 0 Å². The number of rotatable bonds is 5. The predicted octanol–water partition coefficient (Wildman–Crippen LogP) is 7.20. The summed E-state index contributed by atoms with van der Waals surface area (Å²) < 4.78 is 80.3. The van der Waals surface area contributed by atoms with Crippen molar-refractivity contribution in [1.82, 2.24) is 15.2 Å². The third-order valence-corrected chi connectivity index (χ3v) is 7.91. The Bertz CT molecular complexity index is 1350. The number of fused-ring (bicyclic) bond motifs is 4. The molecule has 0 amide bonds.